The molecule has 2 fully saturated rings. The van der Waals surface area contributed by atoms with E-state index in [0.29, 0.717) is 17.4 Å². The molecule has 26 heavy (non-hydrogen) atoms. The number of likely N-dealkylation sites (tertiary alicyclic amines) is 1. The summed E-state index contributed by atoms with van der Waals surface area (Å²) in [4.78, 5) is 23.3. The summed E-state index contributed by atoms with van der Waals surface area (Å²) in [5.74, 6) is 2.27. The Bertz CT molecular complexity index is 789. The molecule has 0 saturated carbocycles. The molecule has 2 aliphatic heterocycles. The van der Waals surface area contributed by atoms with Crippen LogP contribution in [0.4, 0.5) is 0 Å². The van der Waals surface area contributed by atoms with E-state index in [1.807, 2.05) is 24.1 Å². The van der Waals surface area contributed by atoms with E-state index >= 15 is 0 Å². The molecule has 0 unspecified atom stereocenters. The van der Waals surface area contributed by atoms with Gasteiger partial charge in [-0.25, -0.2) is 4.98 Å². The number of hydrogen-bond donors (Lipinski definition) is 0. The molecule has 1 amide bonds. The summed E-state index contributed by atoms with van der Waals surface area (Å²) in [6.07, 6.45) is 7.47. The van der Waals surface area contributed by atoms with Crippen LogP contribution in [0.25, 0.3) is 0 Å². The van der Waals surface area contributed by atoms with Gasteiger partial charge in [0.15, 0.2) is 0 Å². The number of pyridine rings is 1. The third kappa shape index (κ3) is 3.26. The SMILES string of the molecule is Cc1ccncc1C(=O)N1CC(Cn2c(C)cnc2C2CCOCC2)C1. The summed E-state index contributed by atoms with van der Waals surface area (Å²) in [7, 11) is 0. The van der Waals surface area contributed by atoms with E-state index < -0.39 is 0 Å². The van der Waals surface area contributed by atoms with Crippen molar-refractivity contribution in [1.29, 1.82) is 0 Å². The highest BCUT2D eigenvalue weighted by Gasteiger charge is 2.33. The van der Waals surface area contributed by atoms with Gasteiger partial charge in [0, 0.05) is 69.0 Å². The minimum atomic E-state index is 0.0962. The van der Waals surface area contributed by atoms with E-state index in [1.54, 1.807) is 12.4 Å². The molecule has 0 aliphatic carbocycles. The van der Waals surface area contributed by atoms with E-state index in [1.165, 1.54) is 11.5 Å². The first-order valence-electron chi connectivity index (χ1n) is 9.43. The maximum Gasteiger partial charge on any atom is 0.255 e. The molecule has 138 valence electrons. The standard InChI is InChI=1S/C20H26N4O2/c1-14-3-6-21-10-18(14)20(25)23-11-16(12-23)13-24-15(2)9-22-19(24)17-4-7-26-8-5-17/h3,6,9-10,16-17H,4-5,7-8,11-13H2,1-2H3. The van der Waals surface area contributed by atoms with Crippen molar-refractivity contribution >= 4 is 5.91 Å². The molecule has 2 aliphatic rings. The highest BCUT2D eigenvalue weighted by Crippen LogP contribution is 2.29. The molecule has 4 rings (SSSR count). The molecular formula is C20H26N4O2. The van der Waals surface area contributed by atoms with Crippen LogP contribution in [0, 0.1) is 19.8 Å². The number of imidazole rings is 1. The molecule has 0 radical (unpaired) electrons. The van der Waals surface area contributed by atoms with Gasteiger partial charge >= 0.3 is 0 Å². The predicted molar refractivity (Wildman–Crippen MR) is 98.1 cm³/mol. The fourth-order valence-electron chi connectivity index (χ4n) is 3.97. The smallest absolute Gasteiger partial charge is 0.255 e. The number of rotatable bonds is 4. The van der Waals surface area contributed by atoms with Crippen molar-refractivity contribution in [2.75, 3.05) is 26.3 Å². The summed E-state index contributed by atoms with van der Waals surface area (Å²) in [5.41, 5.74) is 2.91. The van der Waals surface area contributed by atoms with Crippen molar-refractivity contribution in [3.63, 3.8) is 0 Å². The zero-order chi connectivity index (χ0) is 18.1. The maximum atomic E-state index is 12.6. The second-order valence-corrected chi connectivity index (χ2v) is 7.52. The van der Waals surface area contributed by atoms with Gasteiger partial charge in [-0.1, -0.05) is 0 Å². The lowest BCUT2D eigenvalue weighted by Crippen LogP contribution is -2.51. The Morgan fingerprint density at radius 3 is 2.73 bits per heavy atom. The first-order valence-corrected chi connectivity index (χ1v) is 9.43. The highest BCUT2D eigenvalue weighted by atomic mass is 16.5. The number of nitrogens with zero attached hydrogens (tertiary/aromatic N) is 4. The lowest BCUT2D eigenvalue weighted by atomic mass is 9.96. The van der Waals surface area contributed by atoms with Crippen molar-refractivity contribution in [3.05, 3.63) is 47.3 Å². The highest BCUT2D eigenvalue weighted by molar-refractivity contribution is 5.95. The number of aryl methyl sites for hydroxylation is 2. The molecule has 6 heteroatoms. The van der Waals surface area contributed by atoms with Crippen LogP contribution in [0.5, 0.6) is 0 Å². The van der Waals surface area contributed by atoms with E-state index in [2.05, 4.69) is 21.5 Å². The molecular weight excluding hydrogens is 328 g/mol. The lowest BCUT2D eigenvalue weighted by molar-refractivity contribution is 0.0459. The van der Waals surface area contributed by atoms with Crippen LogP contribution >= 0.6 is 0 Å². The zero-order valence-corrected chi connectivity index (χ0v) is 15.5. The monoisotopic (exact) mass is 354 g/mol. The Kier molecular flexibility index (Phi) is 4.76. The summed E-state index contributed by atoms with van der Waals surface area (Å²) >= 11 is 0. The number of aromatic nitrogens is 3. The van der Waals surface area contributed by atoms with Gasteiger partial charge in [0.1, 0.15) is 5.82 Å². The van der Waals surface area contributed by atoms with Crippen LogP contribution in [-0.4, -0.2) is 51.6 Å². The quantitative estimate of drug-likeness (QED) is 0.847. The Labute approximate surface area is 154 Å². The topological polar surface area (TPSA) is 60.2 Å². The number of carbonyl (C=O) groups is 1. The van der Waals surface area contributed by atoms with Gasteiger partial charge in [0.2, 0.25) is 0 Å². The predicted octanol–water partition coefficient (Wildman–Crippen LogP) is 2.56. The van der Waals surface area contributed by atoms with E-state index in [9.17, 15) is 4.79 Å². The third-order valence-corrected chi connectivity index (χ3v) is 5.63. The maximum absolute atomic E-state index is 12.6. The molecule has 0 aromatic carbocycles. The summed E-state index contributed by atoms with van der Waals surface area (Å²) < 4.78 is 7.85. The second-order valence-electron chi connectivity index (χ2n) is 7.52. The van der Waals surface area contributed by atoms with Crippen LogP contribution in [0.3, 0.4) is 0 Å². The summed E-state index contributed by atoms with van der Waals surface area (Å²) in [6, 6.07) is 1.89. The number of carbonyl (C=O) groups excluding carboxylic acids is 1. The number of ether oxygens (including phenoxy) is 1. The van der Waals surface area contributed by atoms with Gasteiger partial charge in [-0.05, 0) is 38.3 Å². The molecule has 2 aromatic heterocycles. The normalized spacial score (nSPS) is 18.8. The average molecular weight is 354 g/mol. The fraction of sp³-hybridized carbons (Fsp3) is 0.550. The van der Waals surface area contributed by atoms with E-state index in [-0.39, 0.29) is 5.91 Å². The first kappa shape index (κ1) is 17.2. The van der Waals surface area contributed by atoms with Crippen molar-refractivity contribution in [2.45, 2.75) is 39.2 Å². The third-order valence-electron chi connectivity index (χ3n) is 5.63. The molecule has 2 saturated heterocycles. The Morgan fingerprint density at radius 1 is 1.23 bits per heavy atom. The molecule has 4 heterocycles. The molecule has 2 aromatic rings. The van der Waals surface area contributed by atoms with Crippen molar-refractivity contribution in [1.82, 2.24) is 19.4 Å². The van der Waals surface area contributed by atoms with Crippen molar-refractivity contribution < 1.29 is 9.53 Å². The Hall–Kier alpha value is -2.21. The van der Waals surface area contributed by atoms with Crippen LogP contribution in [-0.2, 0) is 11.3 Å². The first-order chi connectivity index (χ1) is 12.6. The fourth-order valence-corrected chi connectivity index (χ4v) is 3.97. The molecule has 0 atom stereocenters. The van der Waals surface area contributed by atoms with Gasteiger partial charge in [-0.15, -0.1) is 0 Å². The second kappa shape index (κ2) is 7.19. The van der Waals surface area contributed by atoms with Gasteiger partial charge in [-0.3, -0.25) is 9.78 Å². The zero-order valence-electron chi connectivity index (χ0n) is 15.5. The Morgan fingerprint density at radius 2 is 2.00 bits per heavy atom. The van der Waals surface area contributed by atoms with Crippen LogP contribution in [0.2, 0.25) is 0 Å². The van der Waals surface area contributed by atoms with Gasteiger partial charge < -0.3 is 14.2 Å². The van der Waals surface area contributed by atoms with Crippen molar-refractivity contribution in [2.24, 2.45) is 5.92 Å². The van der Waals surface area contributed by atoms with Crippen molar-refractivity contribution in [3.8, 4) is 0 Å². The van der Waals surface area contributed by atoms with Crippen LogP contribution in [0.1, 0.15) is 46.2 Å². The number of amides is 1. The van der Waals surface area contributed by atoms with Crippen LogP contribution in [0.15, 0.2) is 24.7 Å². The molecule has 0 N–H and O–H groups in total. The van der Waals surface area contributed by atoms with E-state index in [0.717, 1.165) is 51.3 Å². The van der Waals surface area contributed by atoms with Crippen LogP contribution < -0.4 is 0 Å². The largest absolute Gasteiger partial charge is 0.381 e. The summed E-state index contributed by atoms with van der Waals surface area (Å²) in [5, 5.41) is 0. The lowest BCUT2D eigenvalue weighted by Gasteiger charge is -2.40. The van der Waals surface area contributed by atoms with Gasteiger partial charge in [-0.2, -0.15) is 0 Å². The van der Waals surface area contributed by atoms with Gasteiger partial charge in [0.05, 0.1) is 5.56 Å². The van der Waals surface area contributed by atoms with Gasteiger partial charge in [0.25, 0.3) is 5.91 Å². The minimum Gasteiger partial charge on any atom is -0.381 e. The summed E-state index contributed by atoms with van der Waals surface area (Å²) in [6.45, 7) is 8.28. The number of hydrogen-bond acceptors (Lipinski definition) is 4. The Balaban J connectivity index is 1.39. The molecule has 0 spiro atoms. The van der Waals surface area contributed by atoms with E-state index in [4.69, 9.17) is 4.74 Å². The minimum absolute atomic E-state index is 0.0962. The molecule has 0 bridgehead atoms. The average Bonchev–Trinajstić information content (AvgIpc) is 2.99. The molecule has 6 nitrogen and oxygen atoms in total.